The highest BCUT2D eigenvalue weighted by Crippen LogP contribution is 2.09. The van der Waals surface area contributed by atoms with Crippen molar-refractivity contribution in [3.05, 3.63) is 22.2 Å². The zero-order valence-electron chi connectivity index (χ0n) is 10.1. The van der Waals surface area contributed by atoms with Crippen LogP contribution in [0.15, 0.2) is 10.9 Å². The van der Waals surface area contributed by atoms with E-state index in [1.54, 1.807) is 0 Å². The van der Waals surface area contributed by atoms with Crippen LogP contribution in [0.25, 0.3) is 0 Å². The van der Waals surface area contributed by atoms with E-state index in [0.29, 0.717) is 24.1 Å². The molecule has 0 radical (unpaired) electrons. The molecule has 0 saturated carbocycles. The van der Waals surface area contributed by atoms with E-state index in [9.17, 15) is 4.79 Å². The normalized spacial score (nSPS) is 12.8. The number of H-pyrrole nitrogens is 1. The second-order valence-electron chi connectivity index (χ2n) is 4.39. The summed E-state index contributed by atoms with van der Waals surface area (Å²) < 4.78 is 0. The number of rotatable bonds is 5. The van der Waals surface area contributed by atoms with E-state index in [2.05, 4.69) is 15.3 Å². The van der Waals surface area contributed by atoms with Crippen molar-refractivity contribution in [3.63, 3.8) is 0 Å². The maximum absolute atomic E-state index is 11.4. The standard InChI is InChI=1S/C11H20N4O/c1-7(2)11-14-9(4-10(16)15-11)13-6-8(3)5-12/h4,7-8H,5-6,12H2,1-3H3,(H2,13,14,15,16). The molecule has 0 spiro atoms. The van der Waals surface area contributed by atoms with Crippen molar-refractivity contribution in [3.8, 4) is 0 Å². The molecule has 5 heteroatoms. The molecule has 1 atom stereocenters. The van der Waals surface area contributed by atoms with Gasteiger partial charge in [-0.05, 0) is 12.5 Å². The van der Waals surface area contributed by atoms with Crippen LogP contribution in [-0.2, 0) is 0 Å². The first kappa shape index (κ1) is 12.7. The third-order valence-corrected chi connectivity index (χ3v) is 2.34. The molecule has 0 amide bonds. The van der Waals surface area contributed by atoms with Crippen LogP contribution >= 0.6 is 0 Å². The Balaban J connectivity index is 2.77. The Hall–Kier alpha value is -1.36. The molecule has 16 heavy (non-hydrogen) atoms. The zero-order valence-corrected chi connectivity index (χ0v) is 10.1. The number of anilines is 1. The van der Waals surface area contributed by atoms with Gasteiger partial charge in [-0.2, -0.15) is 0 Å². The molecule has 1 unspecified atom stereocenters. The van der Waals surface area contributed by atoms with Gasteiger partial charge in [0.2, 0.25) is 0 Å². The maximum atomic E-state index is 11.4. The molecular formula is C11H20N4O. The Morgan fingerprint density at radius 1 is 1.50 bits per heavy atom. The average Bonchev–Trinajstić information content (AvgIpc) is 2.25. The van der Waals surface area contributed by atoms with Crippen LogP contribution in [0.4, 0.5) is 5.82 Å². The van der Waals surface area contributed by atoms with Crippen molar-refractivity contribution in [2.45, 2.75) is 26.7 Å². The molecule has 90 valence electrons. The van der Waals surface area contributed by atoms with Gasteiger partial charge in [0, 0.05) is 18.5 Å². The Morgan fingerprint density at radius 3 is 2.75 bits per heavy atom. The first-order valence-corrected chi connectivity index (χ1v) is 5.58. The molecule has 1 aromatic heterocycles. The Labute approximate surface area is 95.5 Å². The minimum atomic E-state index is -0.124. The van der Waals surface area contributed by atoms with Crippen LogP contribution < -0.4 is 16.6 Å². The van der Waals surface area contributed by atoms with Crippen molar-refractivity contribution in [2.24, 2.45) is 11.7 Å². The van der Waals surface area contributed by atoms with Gasteiger partial charge in [0.15, 0.2) is 0 Å². The predicted molar refractivity (Wildman–Crippen MR) is 65.7 cm³/mol. The van der Waals surface area contributed by atoms with E-state index in [0.717, 1.165) is 6.54 Å². The summed E-state index contributed by atoms with van der Waals surface area (Å²) in [6, 6.07) is 1.47. The van der Waals surface area contributed by atoms with Crippen molar-refractivity contribution in [2.75, 3.05) is 18.4 Å². The van der Waals surface area contributed by atoms with Crippen LogP contribution in [0.3, 0.4) is 0 Å². The van der Waals surface area contributed by atoms with Crippen molar-refractivity contribution < 1.29 is 0 Å². The smallest absolute Gasteiger partial charge is 0.252 e. The van der Waals surface area contributed by atoms with E-state index in [-0.39, 0.29) is 11.5 Å². The van der Waals surface area contributed by atoms with Gasteiger partial charge in [0.1, 0.15) is 11.6 Å². The third-order valence-electron chi connectivity index (χ3n) is 2.34. The van der Waals surface area contributed by atoms with Gasteiger partial charge in [0.05, 0.1) is 0 Å². The molecule has 4 N–H and O–H groups in total. The molecule has 1 heterocycles. The predicted octanol–water partition coefficient (Wildman–Crippen LogP) is 0.900. The summed E-state index contributed by atoms with van der Waals surface area (Å²) in [7, 11) is 0. The van der Waals surface area contributed by atoms with Crippen LogP contribution in [0.5, 0.6) is 0 Å². The number of nitrogens with one attached hydrogen (secondary N) is 2. The first-order valence-electron chi connectivity index (χ1n) is 5.58. The Kier molecular flexibility index (Phi) is 4.49. The van der Waals surface area contributed by atoms with Gasteiger partial charge < -0.3 is 16.0 Å². The van der Waals surface area contributed by atoms with Gasteiger partial charge >= 0.3 is 0 Å². The second kappa shape index (κ2) is 5.65. The second-order valence-corrected chi connectivity index (χ2v) is 4.39. The topological polar surface area (TPSA) is 83.8 Å². The molecular weight excluding hydrogens is 204 g/mol. The third kappa shape index (κ3) is 3.66. The van der Waals surface area contributed by atoms with Crippen molar-refractivity contribution in [1.29, 1.82) is 0 Å². The summed E-state index contributed by atoms with van der Waals surface area (Å²) in [5.41, 5.74) is 5.39. The summed E-state index contributed by atoms with van der Waals surface area (Å²) in [4.78, 5) is 18.4. The monoisotopic (exact) mass is 224 g/mol. The molecule has 1 aromatic rings. The van der Waals surface area contributed by atoms with Crippen LogP contribution in [0.1, 0.15) is 32.5 Å². The van der Waals surface area contributed by atoms with E-state index in [4.69, 9.17) is 5.73 Å². The van der Waals surface area contributed by atoms with Gasteiger partial charge in [-0.1, -0.05) is 20.8 Å². The lowest BCUT2D eigenvalue weighted by Crippen LogP contribution is -2.22. The lowest BCUT2D eigenvalue weighted by molar-refractivity contribution is 0.625. The van der Waals surface area contributed by atoms with Crippen LogP contribution in [0, 0.1) is 5.92 Å². The molecule has 0 saturated heterocycles. The van der Waals surface area contributed by atoms with Gasteiger partial charge in [0.25, 0.3) is 5.56 Å². The summed E-state index contributed by atoms with van der Waals surface area (Å²) in [5, 5.41) is 3.12. The maximum Gasteiger partial charge on any atom is 0.252 e. The lowest BCUT2D eigenvalue weighted by atomic mass is 10.2. The molecule has 0 aliphatic carbocycles. The fourth-order valence-corrected chi connectivity index (χ4v) is 1.20. The molecule has 0 fully saturated rings. The average molecular weight is 224 g/mol. The number of hydrogen-bond donors (Lipinski definition) is 3. The minimum absolute atomic E-state index is 0.124. The molecule has 0 aliphatic heterocycles. The summed E-state index contributed by atoms with van der Waals surface area (Å²) in [5.74, 6) is 1.90. The van der Waals surface area contributed by atoms with E-state index >= 15 is 0 Å². The fourth-order valence-electron chi connectivity index (χ4n) is 1.20. The highest BCUT2D eigenvalue weighted by Gasteiger charge is 2.05. The number of nitrogens with two attached hydrogens (primary N) is 1. The van der Waals surface area contributed by atoms with Crippen molar-refractivity contribution >= 4 is 5.82 Å². The quantitative estimate of drug-likeness (QED) is 0.694. The Morgan fingerprint density at radius 2 is 2.19 bits per heavy atom. The van der Waals surface area contributed by atoms with Crippen LogP contribution in [0.2, 0.25) is 0 Å². The minimum Gasteiger partial charge on any atom is -0.370 e. The molecule has 0 aliphatic rings. The van der Waals surface area contributed by atoms with E-state index in [1.165, 1.54) is 6.07 Å². The lowest BCUT2D eigenvalue weighted by Gasteiger charge is -2.12. The van der Waals surface area contributed by atoms with Crippen molar-refractivity contribution in [1.82, 2.24) is 9.97 Å². The summed E-state index contributed by atoms with van der Waals surface area (Å²) in [6.07, 6.45) is 0. The highest BCUT2D eigenvalue weighted by atomic mass is 16.1. The Bertz CT molecular complexity index is 386. The van der Waals surface area contributed by atoms with E-state index in [1.807, 2.05) is 20.8 Å². The molecule has 5 nitrogen and oxygen atoms in total. The fraction of sp³-hybridized carbons (Fsp3) is 0.636. The summed E-state index contributed by atoms with van der Waals surface area (Å²) >= 11 is 0. The van der Waals surface area contributed by atoms with Gasteiger partial charge in [-0.3, -0.25) is 4.79 Å². The number of aromatic nitrogens is 2. The van der Waals surface area contributed by atoms with Gasteiger partial charge in [-0.15, -0.1) is 0 Å². The largest absolute Gasteiger partial charge is 0.370 e. The SMILES string of the molecule is CC(CN)CNc1cc(=O)[nH]c(C(C)C)n1. The molecule has 0 bridgehead atoms. The number of hydrogen-bond acceptors (Lipinski definition) is 4. The zero-order chi connectivity index (χ0) is 12.1. The first-order chi connectivity index (χ1) is 7.52. The highest BCUT2D eigenvalue weighted by molar-refractivity contribution is 5.33. The summed E-state index contributed by atoms with van der Waals surface area (Å²) in [6.45, 7) is 7.37. The van der Waals surface area contributed by atoms with Gasteiger partial charge in [-0.25, -0.2) is 4.98 Å². The number of nitrogens with zero attached hydrogens (tertiary/aromatic N) is 1. The van der Waals surface area contributed by atoms with E-state index < -0.39 is 0 Å². The molecule has 0 aromatic carbocycles. The molecule has 1 rings (SSSR count). The number of aromatic amines is 1. The van der Waals surface area contributed by atoms with Crippen LogP contribution in [-0.4, -0.2) is 23.1 Å².